The van der Waals surface area contributed by atoms with Crippen LogP contribution in [-0.2, 0) is 0 Å². The molecule has 0 radical (unpaired) electrons. The zero-order chi connectivity index (χ0) is 20.5. The highest BCUT2D eigenvalue weighted by atomic mass is 19.1. The third-order valence-electron chi connectivity index (χ3n) is 5.79. The molecule has 0 spiro atoms. The van der Waals surface area contributed by atoms with Gasteiger partial charge in [-0.15, -0.1) is 0 Å². The van der Waals surface area contributed by atoms with E-state index in [2.05, 4.69) is 15.1 Å². The molecule has 5 nitrogen and oxygen atoms in total. The Balaban J connectivity index is 1.69. The number of benzene rings is 2. The number of halogens is 1. The van der Waals surface area contributed by atoms with Gasteiger partial charge in [-0.25, -0.2) is 9.37 Å². The molecule has 2 aromatic carbocycles. The zero-order valence-electron chi connectivity index (χ0n) is 16.8. The predicted octanol–water partition coefficient (Wildman–Crippen LogP) is 3.78. The van der Waals surface area contributed by atoms with Gasteiger partial charge in [-0.3, -0.25) is 0 Å². The average Bonchev–Trinajstić information content (AvgIpc) is 3.16. The second-order valence-electron chi connectivity index (χ2n) is 7.95. The molecule has 29 heavy (non-hydrogen) atoms. The lowest BCUT2D eigenvalue weighted by atomic mass is 9.86. The van der Waals surface area contributed by atoms with Gasteiger partial charge >= 0.3 is 7.05 Å². The molecule has 0 bridgehead atoms. The van der Waals surface area contributed by atoms with Crippen molar-refractivity contribution < 1.29 is 9.41 Å². The van der Waals surface area contributed by atoms with Crippen molar-refractivity contribution in [2.75, 3.05) is 30.7 Å². The van der Waals surface area contributed by atoms with Crippen molar-refractivity contribution in [1.82, 2.24) is 9.79 Å². The number of aryl methyl sites for hydroxylation is 1. The summed E-state index contributed by atoms with van der Waals surface area (Å²) >= 11 is 0. The van der Waals surface area contributed by atoms with Crippen molar-refractivity contribution in [1.29, 1.82) is 0 Å². The number of hydrogen-bond acceptors (Lipinski definition) is 5. The third kappa shape index (κ3) is 4.06. The number of hydrogen-bond donors (Lipinski definition) is 3. The number of nitrogen functional groups attached to an aromatic ring is 1. The number of nitrogens with one attached hydrogen (secondary N) is 1. The molecule has 1 aliphatic heterocycles. The Hall–Kier alpha value is -2.64. The van der Waals surface area contributed by atoms with Crippen LogP contribution in [0.2, 0.25) is 6.82 Å². The van der Waals surface area contributed by atoms with Crippen molar-refractivity contribution in [3.05, 3.63) is 54.0 Å². The van der Waals surface area contributed by atoms with E-state index in [1.165, 1.54) is 6.07 Å². The number of rotatable bonds is 5. The van der Waals surface area contributed by atoms with E-state index >= 15 is 0 Å². The lowest BCUT2D eigenvalue weighted by molar-refractivity contribution is 0.412. The molecule has 3 aromatic rings. The van der Waals surface area contributed by atoms with E-state index in [4.69, 9.17) is 5.73 Å². The molecule has 4 N–H and O–H groups in total. The molecule has 0 aliphatic carbocycles. The highest BCUT2D eigenvalue weighted by Crippen LogP contribution is 2.34. The van der Waals surface area contributed by atoms with Crippen LogP contribution in [0, 0.1) is 18.7 Å². The number of nitrogens with zero attached hydrogens (tertiary/aromatic N) is 2. The van der Waals surface area contributed by atoms with Crippen LogP contribution in [0.15, 0.2) is 42.6 Å². The number of aromatic nitrogens is 1. The molecular weight excluding hydrogens is 366 g/mol. The Morgan fingerprint density at radius 2 is 2.17 bits per heavy atom. The van der Waals surface area contributed by atoms with Gasteiger partial charge in [0.15, 0.2) is 0 Å². The summed E-state index contributed by atoms with van der Waals surface area (Å²) in [5.74, 6) is 0.663. The Kier molecular flexibility index (Phi) is 5.43. The van der Waals surface area contributed by atoms with Gasteiger partial charge in [-0.2, -0.15) is 0 Å². The smallest absolute Gasteiger partial charge is 0.376 e. The highest BCUT2D eigenvalue weighted by molar-refractivity contribution is 6.45. The summed E-state index contributed by atoms with van der Waals surface area (Å²) in [6.07, 6.45) is 2.77. The fraction of sp³-hybridized carbons (Fsp3) is 0.318. The Bertz CT molecular complexity index is 1020. The first kappa shape index (κ1) is 19.7. The molecule has 1 fully saturated rings. The first-order valence-electron chi connectivity index (χ1n) is 10.0. The standard InChI is InChI=1S/C22H26BFN4O/c1-14-4-3-5-19(24)22(14)16-8-17-12-27-21(25)10-18(17)20(9-16)26-11-15-6-7-28(13-15)23(2)29/h3-5,8-10,12,15,26,29H,6-7,11,13H2,1-2H3,(H2,25,27)/t15-/m1/s1. The molecule has 150 valence electrons. The Morgan fingerprint density at radius 1 is 1.34 bits per heavy atom. The number of pyridine rings is 1. The van der Waals surface area contributed by atoms with E-state index in [1.807, 2.05) is 31.2 Å². The van der Waals surface area contributed by atoms with E-state index in [0.29, 0.717) is 17.3 Å². The minimum absolute atomic E-state index is 0.234. The topological polar surface area (TPSA) is 74.4 Å². The molecule has 2 heterocycles. The van der Waals surface area contributed by atoms with Gasteiger partial charge in [-0.05, 0) is 74.6 Å². The first-order valence-corrected chi connectivity index (χ1v) is 10.0. The predicted molar refractivity (Wildman–Crippen MR) is 118 cm³/mol. The summed E-state index contributed by atoms with van der Waals surface area (Å²) in [6.45, 7) is 6.26. The fourth-order valence-electron chi connectivity index (χ4n) is 4.18. The largest absolute Gasteiger partial charge is 0.437 e. The van der Waals surface area contributed by atoms with Gasteiger partial charge in [0.25, 0.3) is 0 Å². The van der Waals surface area contributed by atoms with E-state index < -0.39 is 7.05 Å². The van der Waals surface area contributed by atoms with E-state index in [1.54, 1.807) is 19.1 Å². The molecule has 7 heteroatoms. The van der Waals surface area contributed by atoms with Crippen LogP contribution in [-0.4, -0.2) is 41.5 Å². The first-order chi connectivity index (χ1) is 13.9. The Morgan fingerprint density at radius 3 is 2.90 bits per heavy atom. The van der Waals surface area contributed by atoms with Crippen molar-refractivity contribution in [3.8, 4) is 11.1 Å². The van der Waals surface area contributed by atoms with Crippen molar-refractivity contribution in [2.24, 2.45) is 5.92 Å². The average molecular weight is 392 g/mol. The second kappa shape index (κ2) is 8.01. The van der Waals surface area contributed by atoms with Gasteiger partial charge in [0.2, 0.25) is 0 Å². The van der Waals surface area contributed by atoms with Gasteiger partial charge in [0.1, 0.15) is 11.6 Å². The van der Waals surface area contributed by atoms with Crippen LogP contribution in [0.5, 0.6) is 0 Å². The quantitative estimate of drug-likeness (QED) is 0.577. The molecule has 1 aliphatic rings. The summed E-state index contributed by atoms with van der Waals surface area (Å²) in [5.41, 5.74) is 9.16. The van der Waals surface area contributed by atoms with Crippen LogP contribution in [0.3, 0.4) is 0 Å². The molecule has 1 saturated heterocycles. The maximum Gasteiger partial charge on any atom is 0.376 e. The summed E-state index contributed by atoms with van der Waals surface area (Å²) in [5, 5.41) is 15.2. The number of anilines is 2. The number of nitrogens with two attached hydrogens (primary N) is 1. The summed E-state index contributed by atoms with van der Waals surface area (Å²) in [7, 11) is -0.418. The van der Waals surface area contributed by atoms with Gasteiger partial charge < -0.3 is 20.9 Å². The minimum Gasteiger partial charge on any atom is -0.437 e. The fourth-order valence-corrected chi connectivity index (χ4v) is 4.18. The minimum atomic E-state index is -0.418. The second-order valence-corrected chi connectivity index (χ2v) is 7.95. The highest BCUT2D eigenvalue weighted by Gasteiger charge is 2.27. The van der Waals surface area contributed by atoms with Crippen molar-refractivity contribution >= 4 is 29.3 Å². The number of fused-ring (bicyclic) bond motifs is 1. The van der Waals surface area contributed by atoms with Crippen molar-refractivity contribution in [2.45, 2.75) is 20.2 Å². The Labute approximate surface area is 170 Å². The molecule has 0 unspecified atom stereocenters. The van der Waals surface area contributed by atoms with Crippen LogP contribution < -0.4 is 11.1 Å². The van der Waals surface area contributed by atoms with Crippen LogP contribution >= 0.6 is 0 Å². The van der Waals surface area contributed by atoms with Gasteiger partial charge in [0, 0.05) is 34.8 Å². The van der Waals surface area contributed by atoms with Gasteiger partial charge in [-0.1, -0.05) is 12.1 Å². The summed E-state index contributed by atoms with van der Waals surface area (Å²) < 4.78 is 14.6. The normalized spacial score (nSPS) is 17.0. The molecule has 4 rings (SSSR count). The molecular formula is C22H26BFN4O. The SMILES string of the molecule is CB(O)N1CC[C@H](CNc2cc(-c3c(C)cccc3F)cc3cnc(N)cc23)C1. The third-order valence-corrected chi connectivity index (χ3v) is 5.79. The maximum atomic E-state index is 14.6. The van der Waals surface area contributed by atoms with Gasteiger partial charge in [0.05, 0.1) is 0 Å². The monoisotopic (exact) mass is 392 g/mol. The van der Waals surface area contributed by atoms with E-state index in [9.17, 15) is 9.41 Å². The molecule has 0 saturated carbocycles. The zero-order valence-corrected chi connectivity index (χ0v) is 16.8. The van der Waals surface area contributed by atoms with E-state index in [0.717, 1.165) is 53.6 Å². The van der Waals surface area contributed by atoms with Crippen LogP contribution in [0.1, 0.15) is 12.0 Å². The van der Waals surface area contributed by atoms with E-state index in [-0.39, 0.29) is 5.82 Å². The van der Waals surface area contributed by atoms with Crippen LogP contribution in [0.4, 0.5) is 15.9 Å². The summed E-state index contributed by atoms with van der Waals surface area (Å²) in [4.78, 5) is 6.29. The van der Waals surface area contributed by atoms with Crippen LogP contribution in [0.25, 0.3) is 21.9 Å². The lowest BCUT2D eigenvalue weighted by Crippen LogP contribution is -2.35. The van der Waals surface area contributed by atoms with Crippen molar-refractivity contribution in [3.63, 3.8) is 0 Å². The maximum absolute atomic E-state index is 14.6. The molecule has 1 atom stereocenters. The molecule has 1 aromatic heterocycles. The lowest BCUT2D eigenvalue weighted by Gasteiger charge is -2.18. The molecule has 0 amide bonds. The summed E-state index contributed by atoms with van der Waals surface area (Å²) in [6, 6.07) is 10.9.